The molecule has 0 spiro atoms. The summed E-state index contributed by atoms with van der Waals surface area (Å²) in [5, 5.41) is 5.83. The highest BCUT2D eigenvalue weighted by Crippen LogP contribution is 2.26. The molecule has 156 valence electrons. The number of benzene rings is 1. The van der Waals surface area contributed by atoms with Crippen molar-refractivity contribution in [2.75, 3.05) is 39.3 Å². The summed E-state index contributed by atoms with van der Waals surface area (Å²) in [4.78, 5) is 28.4. The first kappa shape index (κ1) is 22.5. The van der Waals surface area contributed by atoms with Gasteiger partial charge in [-0.15, -0.1) is 12.4 Å². The molecule has 2 aliphatic rings. The van der Waals surface area contributed by atoms with Gasteiger partial charge in [0.15, 0.2) is 0 Å². The van der Waals surface area contributed by atoms with Crippen molar-refractivity contribution in [1.82, 2.24) is 20.4 Å². The molecule has 1 aromatic rings. The summed E-state index contributed by atoms with van der Waals surface area (Å²) in [6.07, 6.45) is 0.732. The maximum Gasteiger partial charge on any atom is 0.225 e. The Bertz CT molecular complexity index is 680. The zero-order valence-electron chi connectivity index (χ0n) is 15.9. The average Bonchev–Trinajstić information content (AvgIpc) is 3.12. The van der Waals surface area contributed by atoms with Gasteiger partial charge in [-0.2, -0.15) is 0 Å². The van der Waals surface area contributed by atoms with Gasteiger partial charge >= 0.3 is 0 Å². The van der Waals surface area contributed by atoms with Crippen LogP contribution >= 0.6 is 12.4 Å². The van der Waals surface area contributed by atoms with E-state index in [1.807, 2.05) is 0 Å². The lowest BCUT2D eigenvalue weighted by Crippen LogP contribution is -2.49. The van der Waals surface area contributed by atoms with E-state index in [-0.39, 0.29) is 30.3 Å². The van der Waals surface area contributed by atoms with Crippen LogP contribution in [0.15, 0.2) is 18.2 Å². The zero-order chi connectivity index (χ0) is 19.4. The number of rotatable bonds is 5. The molecule has 6 nitrogen and oxygen atoms in total. The lowest BCUT2D eigenvalue weighted by Gasteiger charge is -2.32. The third-order valence-corrected chi connectivity index (χ3v) is 5.29. The predicted octanol–water partition coefficient (Wildman–Crippen LogP) is 1.46. The summed E-state index contributed by atoms with van der Waals surface area (Å²) < 4.78 is 28.3. The molecule has 0 bridgehead atoms. The van der Waals surface area contributed by atoms with E-state index in [1.165, 1.54) is 13.0 Å². The number of hydrogen-bond acceptors (Lipinski definition) is 4. The largest absolute Gasteiger partial charge is 0.349 e. The van der Waals surface area contributed by atoms with Crippen LogP contribution in [0.25, 0.3) is 0 Å². The average molecular weight is 417 g/mol. The third-order valence-electron chi connectivity index (χ3n) is 5.29. The first-order chi connectivity index (χ1) is 13.0. The molecule has 0 saturated carbocycles. The number of likely N-dealkylation sites (tertiary alicyclic amines) is 1. The highest BCUT2D eigenvalue weighted by atomic mass is 35.5. The smallest absolute Gasteiger partial charge is 0.225 e. The van der Waals surface area contributed by atoms with Crippen molar-refractivity contribution in [3.63, 3.8) is 0 Å². The van der Waals surface area contributed by atoms with Gasteiger partial charge in [-0.05, 0) is 18.6 Å². The molecule has 28 heavy (non-hydrogen) atoms. The highest BCUT2D eigenvalue weighted by molar-refractivity contribution is 5.85. The summed E-state index contributed by atoms with van der Waals surface area (Å²) in [7, 11) is 0. The van der Waals surface area contributed by atoms with E-state index in [9.17, 15) is 18.4 Å². The Hall–Kier alpha value is -1.77. The highest BCUT2D eigenvalue weighted by Gasteiger charge is 2.33. The van der Waals surface area contributed by atoms with Gasteiger partial charge in [0.2, 0.25) is 11.8 Å². The van der Waals surface area contributed by atoms with Gasteiger partial charge < -0.3 is 15.5 Å². The SMILES string of the molecule is CC(=O)NC(CC(=O)N1CCC(N2CCNCC2)C1)c1c(F)cccc1F.Cl. The third kappa shape index (κ3) is 5.40. The Morgan fingerprint density at radius 1 is 1.21 bits per heavy atom. The Kier molecular flexibility index (Phi) is 8.15. The van der Waals surface area contributed by atoms with Gasteiger partial charge in [0, 0.05) is 57.8 Å². The van der Waals surface area contributed by atoms with E-state index in [0.29, 0.717) is 19.1 Å². The van der Waals surface area contributed by atoms with Crippen LogP contribution in [0.5, 0.6) is 0 Å². The number of hydrogen-bond donors (Lipinski definition) is 2. The van der Waals surface area contributed by atoms with Crippen LogP contribution in [0.2, 0.25) is 0 Å². The Balaban J connectivity index is 0.00000280. The number of piperazine rings is 1. The molecular formula is C19H27ClF2N4O2. The molecule has 2 N–H and O–H groups in total. The molecule has 2 heterocycles. The van der Waals surface area contributed by atoms with Crippen molar-refractivity contribution in [2.45, 2.75) is 31.8 Å². The molecule has 0 aliphatic carbocycles. The van der Waals surface area contributed by atoms with Gasteiger partial charge in [0.1, 0.15) is 11.6 Å². The fourth-order valence-corrected chi connectivity index (χ4v) is 3.93. The van der Waals surface area contributed by atoms with E-state index < -0.39 is 23.6 Å². The second kappa shape index (κ2) is 10.1. The summed E-state index contributed by atoms with van der Waals surface area (Å²) in [5.41, 5.74) is -0.265. The number of nitrogens with zero attached hydrogens (tertiary/aromatic N) is 2. The van der Waals surface area contributed by atoms with Crippen molar-refractivity contribution < 1.29 is 18.4 Å². The lowest BCUT2D eigenvalue weighted by molar-refractivity contribution is -0.131. The number of nitrogens with one attached hydrogen (secondary N) is 2. The fourth-order valence-electron chi connectivity index (χ4n) is 3.93. The van der Waals surface area contributed by atoms with E-state index in [4.69, 9.17) is 0 Å². The van der Waals surface area contributed by atoms with Crippen LogP contribution < -0.4 is 10.6 Å². The van der Waals surface area contributed by atoms with E-state index in [0.717, 1.165) is 44.7 Å². The molecule has 0 radical (unpaired) electrons. The maximum atomic E-state index is 14.2. The zero-order valence-corrected chi connectivity index (χ0v) is 16.7. The summed E-state index contributed by atoms with van der Waals surface area (Å²) in [5.74, 6) is -2.16. The number of carbonyl (C=O) groups is 2. The topological polar surface area (TPSA) is 64.7 Å². The molecule has 2 fully saturated rings. The van der Waals surface area contributed by atoms with Crippen LogP contribution in [0, 0.1) is 11.6 Å². The molecule has 2 atom stereocenters. The van der Waals surface area contributed by atoms with Gasteiger partial charge in [-0.1, -0.05) is 6.07 Å². The van der Waals surface area contributed by atoms with Crippen molar-refractivity contribution in [2.24, 2.45) is 0 Å². The number of halogens is 3. The first-order valence-corrected chi connectivity index (χ1v) is 9.39. The maximum absolute atomic E-state index is 14.2. The second-order valence-electron chi connectivity index (χ2n) is 7.16. The van der Waals surface area contributed by atoms with E-state index in [2.05, 4.69) is 15.5 Å². The number of amides is 2. The molecule has 9 heteroatoms. The molecule has 2 unspecified atom stereocenters. The minimum atomic E-state index is -1.02. The van der Waals surface area contributed by atoms with Crippen molar-refractivity contribution in [3.05, 3.63) is 35.4 Å². The van der Waals surface area contributed by atoms with Crippen LogP contribution in [0.1, 0.15) is 31.4 Å². The van der Waals surface area contributed by atoms with Crippen LogP contribution in [-0.2, 0) is 9.59 Å². The molecule has 3 rings (SSSR count). The van der Waals surface area contributed by atoms with E-state index >= 15 is 0 Å². The van der Waals surface area contributed by atoms with Gasteiger partial charge in [-0.3, -0.25) is 14.5 Å². The van der Waals surface area contributed by atoms with Gasteiger partial charge in [0.25, 0.3) is 0 Å². The fraction of sp³-hybridized carbons (Fsp3) is 0.579. The van der Waals surface area contributed by atoms with Crippen LogP contribution in [-0.4, -0.2) is 66.9 Å². The van der Waals surface area contributed by atoms with Crippen molar-refractivity contribution in [3.8, 4) is 0 Å². The predicted molar refractivity (Wildman–Crippen MR) is 104 cm³/mol. The molecule has 2 saturated heterocycles. The lowest BCUT2D eigenvalue weighted by atomic mass is 10.0. The standard InChI is InChI=1S/C19H26F2N4O2.ClH/c1-13(26)23-17(19-15(20)3-2-4-16(19)21)11-18(27)25-8-5-14(12-25)24-9-6-22-7-10-24;/h2-4,14,17,22H,5-12H2,1H3,(H,23,26);1H. The minimum absolute atomic E-state index is 0. The molecule has 1 aromatic carbocycles. The van der Waals surface area contributed by atoms with E-state index in [1.54, 1.807) is 4.90 Å². The molecule has 0 aromatic heterocycles. The van der Waals surface area contributed by atoms with Crippen LogP contribution in [0.3, 0.4) is 0 Å². The molecular weight excluding hydrogens is 390 g/mol. The van der Waals surface area contributed by atoms with Gasteiger partial charge in [-0.25, -0.2) is 8.78 Å². The summed E-state index contributed by atoms with van der Waals surface area (Å²) >= 11 is 0. The minimum Gasteiger partial charge on any atom is -0.349 e. The number of carbonyl (C=O) groups excluding carboxylic acids is 2. The van der Waals surface area contributed by atoms with Gasteiger partial charge in [0.05, 0.1) is 12.5 Å². The monoisotopic (exact) mass is 416 g/mol. The summed E-state index contributed by atoms with van der Waals surface area (Å²) in [6.45, 7) is 6.32. The molecule has 2 aliphatic heterocycles. The Morgan fingerprint density at radius 2 is 1.86 bits per heavy atom. The summed E-state index contributed by atoms with van der Waals surface area (Å²) in [6, 6.07) is 2.83. The second-order valence-corrected chi connectivity index (χ2v) is 7.16. The molecule has 2 amide bonds. The van der Waals surface area contributed by atoms with Crippen molar-refractivity contribution >= 4 is 24.2 Å². The quantitative estimate of drug-likeness (QED) is 0.762. The van der Waals surface area contributed by atoms with Crippen LogP contribution in [0.4, 0.5) is 8.78 Å². The normalized spacial score (nSPS) is 21.1. The Morgan fingerprint density at radius 3 is 2.46 bits per heavy atom. The van der Waals surface area contributed by atoms with Crippen molar-refractivity contribution in [1.29, 1.82) is 0 Å². The Labute approximate surface area is 170 Å². The first-order valence-electron chi connectivity index (χ1n) is 9.39.